The number of hydrogen-bond acceptors (Lipinski definition) is 7. The highest BCUT2D eigenvalue weighted by molar-refractivity contribution is 5.69. The highest BCUT2D eigenvalue weighted by Gasteiger charge is 2.26. The Kier molecular flexibility index (Phi) is 6.17. The van der Waals surface area contributed by atoms with E-state index >= 15 is 0 Å². The number of piperazine rings is 1. The summed E-state index contributed by atoms with van der Waals surface area (Å²) in [5.74, 6) is 1.25. The summed E-state index contributed by atoms with van der Waals surface area (Å²) in [5.41, 5.74) is 6.56. The van der Waals surface area contributed by atoms with Crippen LogP contribution in [0.25, 0.3) is 0 Å². The van der Waals surface area contributed by atoms with Gasteiger partial charge in [0, 0.05) is 50.0 Å². The van der Waals surface area contributed by atoms with Crippen LogP contribution in [-0.4, -0.2) is 65.0 Å². The highest BCUT2D eigenvalue weighted by Crippen LogP contribution is 2.26. The molecule has 2 heterocycles. The zero-order valence-corrected chi connectivity index (χ0v) is 17.1. The summed E-state index contributed by atoms with van der Waals surface area (Å²) in [7, 11) is 0. The van der Waals surface area contributed by atoms with Gasteiger partial charge in [-0.3, -0.25) is 0 Å². The van der Waals surface area contributed by atoms with Crippen LogP contribution in [-0.2, 0) is 4.74 Å². The number of amides is 1. The van der Waals surface area contributed by atoms with E-state index in [0.717, 1.165) is 50.3 Å². The molecule has 1 saturated carbocycles. The second kappa shape index (κ2) is 8.43. The van der Waals surface area contributed by atoms with Gasteiger partial charge >= 0.3 is 6.09 Å². The van der Waals surface area contributed by atoms with Crippen molar-refractivity contribution in [2.75, 3.05) is 42.1 Å². The number of aliphatic hydroxyl groups is 1. The number of hydrogen-bond donors (Lipinski definition) is 3. The minimum Gasteiger partial charge on any atom is -0.444 e. The molecular formula is C20H33N5O3. The fourth-order valence-electron chi connectivity index (χ4n) is 3.70. The van der Waals surface area contributed by atoms with Gasteiger partial charge in [0.15, 0.2) is 0 Å². The molecule has 8 heteroatoms. The Morgan fingerprint density at radius 1 is 1.18 bits per heavy atom. The third-order valence-electron chi connectivity index (χ3n) is 5.18. The lowest BCUT2D eigenvalue weighted by molar-refractivity contribution is 0.0240. The van der Waals surface area contributed by atoms with Crippen LogP contribution in [0.4, 0.5) is 22.1 Å². The molecule has 1 aliphatic heterocycles. The van der Waals surface area contributed by atoms with E-state index in [4.69, 9.17) is 10.5 Å². The summed E-state index contributed by atoms with van der Waals surface area (Å²) in [4.78, 5) is 20.6. The van der Waals surface area contributed by atoms with Gasteiger partial charge in [0.05, 0.1) is 6.10 Å². The Morgan fingerprint density at radius 2 is 1.82 bits per heavy atom. The molecule has 8 nitrogen and oxygen atoms in total. The molecule has 3 rings (SSSR count). The maximum Gasteiger partial charge on any atom is 0.410 e. The fourth-order valence-corrected chi connectivity index (χ4v) is 3.70. The quantitative estimate of drug-likeness (QED) is 0.727. The van der Waals surface area contributed by atoms with Gasteiger partial charge in [-0.2, -0.15) is 0 Å². The molecule has 1 amide bonds. The number of nitrogen functional groups attached to an aromatic ring is 1. The summed E-state index contributed by atoms with van der Waals surface area (Å²) in [6.07, 6.45) is 3.06. The second-order valence-corrected chi connectivity index (χ2v) is 8.74. The SMILES string of the molecule is CC(C)(C)OC(=O)N1CCN(c2cc(N)nc(NC3CCC(O)CC3)c2)CC1. The van der Waals surface area contributed by atoms with Crippen molar-refractivity contribution in [3.8, 4) is 0 Å². The third kappa shape index (κ3) is 5.64. The number of aromatic nitrogens is 1. The molecule has 28 heavy (non-hydrogen) atoms. The van der Waals surface area contributed by atoms with Gasteiger partial charge in [-0.05, 0) is 46.5 Å². The first-order chi connectivity index (χ1) is 13.2. The number of ether oxygens (including phenoxy) is 1. The van der Waals surface area contributed by atoms with Crippen LogP contribution in [0.1, 0.15) is 46.5 Å². The van der Waals surface area contributed by atoms with E-state index in [2.05, 4.69) is 15.2 Å². The molecule has 0 atom stereocenters. The molecule has 1 aliphatic carbocycles. The van der Waals surface area contributed by atoms with Crippen LogP contribution < -0.4 is 16.0 Å². The molecule has 1 aromatic rings. The van der Waals surface area contributed by atoms with Crippen LogP contribution in [0.5, 0.6) is 0 Å². The number of nitrogens with zero attached hydrogens (tertiary/aromatic N) is 3. The fraction of sp³-hybridized carbons (Fsp3) is 0.700. The molecule has 2 fully saturated rings. The first-order valence-corrected chi connectivity index (χ1v) is 10.1. The van der Waals surface area contributed by atoms with Gasteiger partial charge in [-0.25, -0.2) is 9.78 Å². The maximum absolute atomic E-state index is 12.2. The number of rotatable bonds is 3. The van der Waals surface area contributed by atoms with Crippen molar-refractivity contribution in [2.24, 2.45) is 0 Å². The summed E-state index contributed by atoms with van der Waals surface area (Å²) in [6.45, 7) is 8.30. The Morgan fingerprint density at radius 3 is 2.43 bits per heavy atom. The average Bonchev–Trinajstić information content (AvgIpc) is 2.62. The van der Waals surface area contributed by atoms with E-state index in [9.17, 15) is 9.90 Å². The molecule has 0 aromatic carbocycles. The van der Waals surface area contributed by atoms with Crippen LogP contribution in [0.2, 0.25) is 0 Å². The van der Waals surface area contributed by atoms with Crippen molar-refractivity contribution in [3.05, 3.63) is 12.1 Å². The third-order valence-corrected chi connectivity index (χ3v) is 5.18. The number of anilines is 3. The predicted molar refractivity (Wildman–Crippen MR) is 111 cm³/mol. The predicted octanol–water partition coefficient (Wildman–Crippen LogP) is 2.44. The van der Waals surface area contributed by atoms with Gasteiger partial charge in [-0.15, -0.1) is 0 Å². The number of aliphatic hydroxyl groups excluding tert-OH is 1. The van der Waals surface area contributed by atoms with Crippen molar-refractivity contribution < 1.29 is 14.6 Å². The summed E-state index contributed by atoms with van der Waals surface area (Å²) < 4.78 is 5.46. The van der Waals surface area contributed by atoms with E-state index in [1.807, 2.05) is 32.9 Å². The zero-order chi connectivity index (χ0) is 20.3. The van der Waals surface area contributed by atoms with E-state index in [0.29, 0.717) is 24.9 Å². The monoisotopic (exact) mass is 391 g/mol. The summed E-state index contributed by atoms with van der Waals surface area (Å²) >= 11 is 0. The van der Waals surface area contributed by atoms with Crippen molar-refractivity contribution in [1.29, 1.82) is 0 Å². The first kappa shape index (κ1) is 20.5. The van der Waals surface area contributed by atoms with Gasteiger partial charge in [-0.1, -0.05) is 0 Å². The number of pyridine rings is 1. The molecule has 0 radical (unpaired) electrons. The molecular weight excluding hydrogens is 358 g/mol. The summed E-state index contributed by atoms with van der Waals surface area (Å²) in [5, 5.41) is 13.1. The lowest BCUT2D eigenvalue weighted by Gasteiger charge is -2.37. The lowest BCUT2D eigenvalue weighted by Crippen LogP contribution is -2.50. The van der Waals surface area contributed by atoms with E-state index in [1.54, 1.807) is 4.90 Å². The topological polar surface area (TPSA) is 104 Å². The van der Waals surface area contributed by atoms with Crippen molar-refractivity contribution >= 4 is 23.4 Å². The minimum absolute atomic E-state index is 0.177. The van der Waals surface area contributed by atoms with Crippen molar-refractivity contribution in [3.63, 3.8) is 0 Å². The van der Waals surface area contributed by atoms with E-state index in [1.165, 1.54) is 0 Å². The van der Waals surface area contributed by atoms with Crippen LogP contribution in [0.3, 0.4) is 0 Å². The largest absolute Gasteiger partial charge is 0.444 e. The Hall–Kier alpha value is -2.22. The van der Waals surface area contributed by atoms with Crippen LogP contribution in [0, 0.1) is 0 Å². The van der Waals surface area contributed by atoms with Crippen molar-refractivity contribution in [2.45, 2.75) is 64.2 Å². The number of nitrogens with two attached hydrogens (primary N) is 1. The standard InChI is InChI=1S/C20H33N5O3/c1-20(2,3)28-19(27)25-10-8-24(9-11-25)15-12-17(21)23-18(13-15)22-14-4-6-16(26)7-5-14/h12-14,16,26H,4-11H2,1-3H3,(H3,21,22,23). The second-order valence-electron chi connectivity index (χ2n) is 8.74. The Labute approximate surface area is 167 Å². The van der Waals surface area contributed by atoms with E-state index in [-0.39, 0.29) is 12.2 Å². The highest BCUT2D eigenvalue weighted by atomic mass is 16.6. The number of nitrogens with one attached hydrogen (secondary N) is 1. The molecule has 1 aromatic heterocycles. The first-order valence-electron chi connectivity index (χ1n) is 10.1. The van der Waals surface area contributed by atoms with Crippen LogP contribution in [0.15, 0.2) is 12.1 Å². The lowest BCUT2D eigenvalue weighted by atomic mass is 9.93. The average molecular weight is 392 g/mol. The molecule has 156 valence electrons. The van der Waals surface area contributed by atoms with Gasteiger partial charge in [0.2, 0.25) is 0 Å². The smallest absolute Gasteiger partial charge is 0.410 e. The minimum atomic E-state index is -0.483. The van der Waals surface area contributed by atoms with Crippen LogP contribution >= 0.6 is 0 Å². The van der Waals surface area contributed by atoms with Gasteiger partial charge in [0.25, 0.3) is 0 Å². The van der Waals surface area contributed by atoms with Gasteiger partial charge in [0.1, 0.15) is 17.2 Å². The maximum atomic E-state index is 12.2. The number of carbonyl (C=O) groups excluding carboxylic acids is 1. The molecule has 2 aliphatic rings. The molecule has 0 unspecified atom stereocenters. The summed E-state index contributed by atoms with van der Waals surface area (Å²) in [6, 6.07) is 4.21. The Bertz CT molecular complexity index is 675. The van der Waals surface area contributed by atoms with Gasteiger partial charge < -0.3 is 30.7 Å². The number of carbonyl (C=O) groups is 1. The molecule has 1 saturated heterocycles. The van der Waals surface area contributed by atoms with E-state index < -0.39 is 5.60 Å². The molecule has 4 N–H and O–H groups in total. The molecule has 0 bridgehead atoms. The normalized spacial score (nSPS) is 23.4. The van der Waals surface area contributed by atoms with Crippen molar-refractivity contribution in [1.82, 2.24) is 9.88 Å². The Balaban J connectivity index is 1.58. The molecule has 0 spiro atoms. The zero-order valence-electron chi connectivity index (χ0n) is 17.1.